The van der Waals surface area contributed by atoms with Crippen molar-refractivity contribution in [1.29, 1.82) is 0 Å². The molecule has 20 nitrogen and oxygen atoms in total. The van der Waals surface area contributed by atoms with Crippen LogP contribution in [0.4, 0.5) is 0 Å². The number of rotatable bonds is 22. The lowest BCUT2D eigenvalue weighted by Crippen LogP contribution is -2.68. The van der Waals surface area contributed by atoms with Crippen LogP contribution in [0.1, 0.15) is 104 Å². The number of hydrogen-bond donors (Lipinski definition) is 11. The Labute approximate surface area is 348 Å². The minimum Gasteiger partial charge on any atom is -0.394 e. The number of carbonyl (C=O) groups excluding carboxylic acids is 2. The van der Waals surface area contributed by atoms with E-state index in [0.717, 1.165) is 55.4 Å². The summed E-state index contributed by atoms with van der Waals surface area (Å²) in [6.45, 7) is 4.83. The minimum atomic E-state index is -1.85. The highest BCUT2D eigenvalue weighted by Crippen LogP contribution is 2.34. The van der Waals surface area contributed by atoms with Crippen LogP contribution in [0.3, 0.4) is 0 Å². The van der Waals surface area contributed by atoms with Gasteiger partial charge in [-0.15, -0.1) is 0 Å². The molecule has 15 atom stereocenters. The van der Waals surface area contributed by atoms with Crippen molar-refractivity contribution in [3.63, 3.8) is 0 Å². The van der Waals surface area contributed by atoms with E-state index >= 15 is 0 Å². The molecular formula is C40H66N4O16. The maximum Gasteiger partial charge on any atom is 0.330 e. The van der Waals surface area contributed by atoms with Crippen molar-refractivity contribution < 1.29 is 69.4 Å². The van der Waals surface area contributed by atoms with Crippen LogP contribution in [0.15, 0.2) is 34.0 Å². The summed E-state index contributed by atoms with van der Waals surface area (Å²) in [5.41, 5.74) is -1.68. The molecule has 1 aromatic rings. The number of ether oxygens (including phenoxy) is 4. The molecule has 1 aromatic heterocycles. The smallest absolute Gasteiger partial charge is 0.330 e. The first-order valence-corrected chi connectivity index (χ1v) is 21.1. The number of unbranched alkanes of at least 4 members (excludes halogenated alkanes) is 9. The van der Waals surface area contributed by atoms with Crippen molar-refractivity contribution in [1.82, 2.24) is 20.2 Å². The maximum absolute atomic E-state index is 13.2. The van der Waals surface area contributed by atoms with Gasteiger partial charge in [0.1, 0.15) is 60.9 Å². The van der Waals surface area contributed by atoms with Gasteiger partial charge in [-0.25, -0.2) is 4.79 Å². The SMILES string of the molecule is CC(=O)N[C@H]1[C@H](O[C@@H]2O[C@H](C[C@H](O)[C@H]3O[C@@H](n4ccc(=O)[nH]c4=O)[C@H](O)[C@@H]3O)[C@H](O)[C@H](O)[C@H]2NC(=O)/C=C/CCCCCCCCCCCC(C)C)O[C@H](CO)[C@@H](O)[C@@H]1O. The first-order chi connectivity index (χ1) is 28.5. The molecule has 3 saturated heterocycles. The number of aliphatic hydroxyl groups is 8. The van der Waals surface area contributed by atoms with Crippen molar-refractivity contribution >= 4 is 11.8 Å². The third-order valence-corrected chi connectivity index (χ3v) is 11.2. The van der Waals surface area contributed by atoms with E-state index < -0.39 is 128 Å². The first-order valence-electron chi connectivity index (χ1n) is 21.1. The number of amides is 2. The van der Waals surface area contributed by atoms with Gasteiger partial charge in [-0.05, 0) is 24.8 Å². The fraction of sp³-hybridized carbons (Fsp3) is 0.800. The van der Waals surface area contributed by atoms with Gasteiger partial charge in [0.25, 0.3) is 5.56 Å². The van der Waals surface area contributed by atoms with E-state index in [0.29, 0.717) is 6.42 Å². The largest absolute Gasteiger partial charge is 0.394 e. The Kier molecular flexibility index (Phi) is 19.7. The molecule has 11 N–H and O–H groups in total. The third kappa shape index (κ3) is 13.7. The molecule has 0 aromatic carbocycles. The van der Waals surface area contributed by atoms with Gasteiger partial charge in [-0.1, -0.05) is 77.7 Å². The Morgan fingerprint density at radius 2 is 1.37 bits per heavy atom. The molecule has 3 aliphatic rings. The number of aromatic nitrogens is 2. The summed E-state index contributed by atoms with van der Waals surface area (Å²) < 4.78 is 24.1. The van der Waals surface area contributed by atoms with E-state index in [2.05, 4.69) is 24.5 Å². The molecule has 60 heavy (non-hydrogen) atoms. The lowest BCUT2D eigenvalue weighted by atomic mass is 9.91. The Morgan fingerprint density at radius 1 is 0.800 bits per heavy atom. The quantitative estimate of drug-likeness (QED) is 0.0458. The molecule has 0 spiro atoms. The fourth-order valence-electron chi connectivity index (χ4n) is 7.80. The van der Waals surface area contributed by atoms with Crippen molar-refractivity contribution in [2.45, 2.75) is 190 Å². The Balaban J connectivity index is 1.42. The average Bonchev–Trinajstić information content (AvgIpc) is 3.49. The van der Waals surface area contributed by atoms with Gasteiger partial charge in [0.15, 0.2) is 18.8 Å². The van der Waals surface area contributed by atoms with Gasteiger partial charge in [0.2, 0.25) is 11.8 Å². The molecule has 4 rings (SSSR count). The predicted molar refractivity (Wildman–Crippen MR) is 212 cm³/mol. The second-order valence-electron chi connectivity index (χ2n) is 16.5. The average molecular weight is 859 g/mol. The van der Waals surface area contributed by atoms with Crippen molar-refractivity contribution in [3.05, 3.63) is 45.3 Å². The molecule has 342 valence electrons. The normalized spacial score (nSPS) is 33.9. The summed E-state index contributed by atoms with van der Waals surface area (Å²) in [5, 5.41) is 91.5. The van der Waals surface area contributed by atoms with Gasteiger partial charge in [-0.3, -0.25) is 23.9 Å². The van der Waals surface area contributed by atoms with E-state index in [4.69, 9.17) is 18.9 Å². The monoisotopic (exact) mass is 858 g/mol. The summed E-state index contributed by atoms with van der Waals surface area (Å²) in [7, 11) is 0. The summed E-state index contributed by atoms with van der Waals surface area (Å²) in [6.07, 6.45) is -6.31. The van der Waals surface area contributed by atoms with Crippen LogP contribution in [0, 0.1) is 5.92 Å². The Morgan fingerprint density at radius 3 is 1.95 bits per heavy atom. The fourth-order valence-corrected chi connectivity index (χ4v) is 7.80. The molecule has 2 amide bonds. The standard InChI is InChI=1S/C40H66N4O16/c1-21(2)15-13-11-9-7-5-4-6-8-10-12-14-16-26(48)42-29-33(53)30(50)24(57-39(29)60-38-28(41-22(3)46)32(52)31(51)25(20-45)58-38)19-23(47)36-34(54)35(55)37(59-36)44-18-17-27(49)43-40(44)56/h14,16-18,21,23-25,28-39,45,47,50-55H,4-13,15,19-20H2,1-3H3,(H,41,46)(H,42,48)(H,43,49,56)/b16-14+/t23-,24+,25+,28+,29+,30-,31+,32+,33+,34-,35+,36+,37+,38-,39-/m0/s1. The van der Waals surface area contributed by atoms with E-state index in [9.17, 15) is 60.0 Å². The molecule has 0 unspecified atom stereocenters. The summed E-state index contributed by atoms with van der Waals surface area (Å²) in [4.78, 5) is 51.2. The topological polar surface area (TPSA) is 312 Å². The van der Waals surface area contributed by atoms with Crippen molar-refractivity contribution in [2.24, 2.45) is 5.92 Å². The van der Waals surface area contributed by atoms with Gasteiger partial charge >= 0.3 is 5.69 Å². The van der Waals surface area contributed by atoms with Crippen molar-refractivity contribution in [3.8, 4) is 0 Å². The zero-order chi connectivity index (χ0) is 44.1. The molecule has 0 bridgehead atoms. The minimum absolute atomic E-state index is 0.597. The molecule has 3 aliphatic heterocycles. The molecule has 0 aliphatic carbocycles. The Bertz CT molecular complexity index is 1630. The molecule has 0 saturated carbocycles. The van der Waals surface area contributed by atoms with Gasteiger partial charge in [0, 0.05) is 25.6 Å². The second-order valence-corrected chi connectivity index (χ2v) is 16.5. The van der Waals surface area contributed by atoms with Crippen molar-refractivity contribution in [2.75, 3.05) is 6.61 Å². The molecule has 4 heterocycles. The number of carbonyl (C=O) groups is 2. The van der Waals surface area contributed by atoms with Crippen LogP contribution in [0.5, 0.6) is 0 Å². The molecule has 20 heteroatoms. The number of aliphatic hydroxyl groups excluding tert-OH is 8. The van der Waals surface area contributed by atoms with E-state index in [1.807, 2.05) is 4.98 Å². The lowest BCUT2D eigenvalue weighted by molar-refractivity contribution is -0.346. The first kappa shape index (κ1) is 49.5. The summed E-state index contributed by atoms with van der Waals surface area (Å²) in [6, 6.07) is -2.01. The van der Waals surface area contributed by atoms with E-state index in [-0.39, 0.29) is 0 Å². The zero-order valence-electron chi connectivity index (χ0n) is 34.5. The van der Waals surface area contributed by atoms with Crippen LogP contribution < -0.4 is 21.9 Å². The van der Waals surface area contributed by atoms with Crippen LogP contribution in [0.2, 0.25) is 0 Å². The van der Waals surface area contributed by atoms with Crippen LogP contribution >= 0.6 is 0 Å². The van der Waals surface area contributed by atoms with Crippen LogP contribution in [-0.4, -0.2) is 155 Å². The predicted octanol–water partition coefficient (Wildman–Crippen LogP) is -1.70. The van der Waals surface area contributed by atoms with E-state index in [1.54, 1.807) is 6.08 Å². The number of nitrogens with zero attached hydrogens (tertiary/aromatic N) is 1. The number of hydrogen-bond acceptors (Lipinski definition) is 16. The van der Waals surface area contributed by atoms with E-state index in [1.165, 1.54) is 44.6 Å². The maximum atomic E-state index is 13.2. The summed E-state index contributed by atoms with van der Waals surface area (Å²) in [5.74, 6) is -0.604. The van der Waals surface area contributed by atoms with Crippen LogP contribution in [0.25, 0.3) is 0 Å². The van der Waals surface area contributed by atoms with Gasteiger partial charge in [-0.2, -0.15) is 0 Å². The lowest BCUT2D eigenvalue weighted by Gasteiger charge is -2.47. The Hall–Kier alpha value is -3.12. The molecule has 0 radical (unpaired) electrons. The highest BCUT2D eigenvalue weighted by molar-refractivity contribution is 5.87. The third-order valence-electron chi connectivity index (χ3n) is 11.2. The highest BCUT2D eigenvalue weighted by atomic mass is 16.8. The number of nitrogens with one attached hydrogen (secondary N) is 3. The zero-order valence-corrected chi connectivity index (χ0v) is 34.5. The second kappa shape index (κ2) is 23.9. The van der Waals surface area contributed by atoms with Gasteiger partial charge < -0.3 is 70.4 Å². The summed E-state index contributed by atoms with van der Waals surface area (Å²) >= 11 is 0. The highest BCUT2D eigenvalue weighted by Gasteiger charge is 2.53. The number of aromatic amines is 1. The molecule has 3 fully saturated rings. The molecular weight excluding hydrogens is 792 g/mol. The van der Waals surface area contributed by atoms with Crippen LogP contribution in [-0.2, 0) is 28.5 Å². The van der Waals surface area contributed by atoms with Gasteiger partial charge in [0.05, 0.1) is 18.8 Å². The number of allylic oxidation sites excluding steroid dienone is 1. The number of H-pyrrole nitrogens is 1.